The van der Waals surface area contributed by atoms with Crippen LogP contribution in [0.3, 0.4) is 0 Å². The topological polar surface area (TPSA) is 63.1 Å². The second-order valence-electron chi connectivity index (χ2n) is 9.13. The van der Waals surface area contributed by atoms with Gasteiger partial charge in [0, 0.05) is 34.9 Å². The lowest BCUT2D eigenvalue weighted by molar-refractivity contribution is -0.129. The van der Waals surface area contributed by atoms with E-state index in [2.05, 4.69) is 36.2 Å². The molecular formula is C24H28FN5OS2. The standard InChI is InChI=1S/C24H28FN5OS2/c1-15-11-26-20(33-15)13-29(5)21(31)10-18-14-32-23(28-18)19-12-27-30(24(2,3)4)22(19)16-6-8-17(25)9-7-16/h6-9,11-12,14,23,28H,10,13H2,1-5H3. The van der Waals surface area contributed by atoms with Crippen molar-refractivity contribution in [2.75, 3.05) is 7.05 Å². The summed E-state index contributed by atoms with van der Waals surface area (Å²) in [6, 6.07) is 6.50. The van der Waals surface area contributed by atoms with E-state index < -0.39 is 0 Å². The minimum Gasteiger partial charge on any atom is -0.372 e. The van der Waals surface area contributed by atoms with Gasteiger partial charge in [-0.2, -0.15) is 5.10 Å². The van der Waals surface area contributed by atoms with Crippen LogP contribution in [0.4, 0.5) is 4.39 Å². The minimum absolute atomic E-state index is 0.0343. The first kappa shape index (κ1) is 23.5. The predicted octanol–water partition coefficient (Wildman–Crippen LogP) is 5.43. The predicted molar refractivity (Wildman–Crippen MR) is 132 cm³/mol. The van der Waals surface area contributed by atoms with Gasteiger partial charge in [-0.1, -0.05) is 0 Å². The van der Waals surface area contributed by atoms with Gasteiger partial charge in [0.1, 0.15) is 16.2 Å². The number of amides is 1. The maximum atomic E-state index is 13.6. The van der Waals surface area contributed by atoms with Crippen LogP contribution in [0.15, 0.2) is 47.8 Å². The highest BCUT2D eigenvalue weighted by molar-refractivity contribution is 8.02. The third kappa shape index (κ3) is 5.30. The van der Waals surface area contributed by atoms with Crippen LogP contribution in [0.1, 0.15) is 48.0 Å². The normalized spacial score (nSPS) is 15.9. The van der Waals surface area contributed by atoms with Crippen LogP contribution < -0.4 is 5.32 Å². The zero-order chi connectivity index (χ0) is 23.8. The molecule has 0 fully saturated rings. The van der Waals surface area contributed by atoms with E-state index in [4.69, 9.17) is 0 Å². The second-order valence-corrected chi connectivity index (χ2v) is 11.4. The van der Waals surface area contributed by atoms with Gasteiger partial charge in [-0.05, 0) is 57.4 Å². The summed E-state index contributed by atoms with van der Waals surface area (Å²) < 4.78 is 15.5. The molecule has 3 heterocycles. The third-order valence-corrected chi connectivity index (χ3v) is 7.27. The first-order valence-electron chi connectivity index (χ1n) is 10.7. The van der Waals surface area contributed by atoms with Crippen molar-refractivity contribution in [1.82, 2.24) is 25.0 Å². The molecule has 0 saturated carbocycles. The highest BCUT2D eigenvalue weighted by atomic mass is 32.2. The summed E-state index contributed by atoms with van der Waals surface area (Å²) in [5, 5.41) is 11.0. The zero-order valence-electron chi connectivity index (χ0n) is 19.4. The van der Waals surface area contributed by atoms with E-state index in [1.54, 1.807) is 47.2 Å². The lowest BCUT2D eigenvalue weighted by Gasteiger charge is -2.24. The van der Waals surface area contributed by atoms with Gasteiger partial charge in [0.05, 0.1) is 30.4 Å². The molecule has 174 valence electrons. The van der Waals surface area contributed by atoms with E-state index in [-0.39, 0.29) is 22.6 Å². The Morgan fingerprint density at radius 3 is 2.61 bits per heavy atom. The van der Waals surface area contributed by atoms with Gasteiger partial charge in [-0.15, -0.1) is 23.1 Å². The molecule has 1 N–H and O–H groups in total. The Kier molecular flexibility index (Phi) is 6.63. The molecule has 0 saturated heterocycles. The van der Waals surface area contributed by atoms with E-state index in [1.807, 2.05) is 29.4 Å². The first-order valence-corrected chi connectivity index (χ1v) is 12.5. The Hall–Kier alpha value is -2.65. The number of nitrogens with zero attached hydrogens (tertiary/aromatic N) is 4. The summed E-state index contributed by atoms with van der Waals surface area (Å²) >= 11 is 3.23. The maximum Gasteiger partial charge on any atom is 0.228 e. The Labute approximate surface area is 201 Å². The number of carbonyl (C=O) groups is 1. The fourth-order valence-corrected chi connectivity index (χ4v) is 5.48. The number of aryl methyl sites for hydroxylation is 1. The van der Waals surface area contributed by atoms with E-state index in [9.17, 15) is 9.18 Å². The zero-order valence-corrected chi connectivity index (χ0v) is 21.1. The summed E-state index contributed by atoms with van der Waals surface area (Å²) in [5.41, 5.74) is 3.50. The number of aromatic nitrogens is 3. The first-order chi connectivity index (χ1) is 15.6. The number of thioether (sulfide) groups is 1. The lowest BCUT2D eigenvalue weighted by Crippen LogP contribution is -2.28. The van der Waals surface area contributed by atoms with Crippen molar-refractivity contribution in [3.05, 3.63) is 69.0 Å². The van der Waals surface area contributed by atoms with Gasteiger partial charge in [0.2, 0.25) is 5.91 Å². The molecule has 9 heteroatoms. The van der Waals surface area contributed by atoms with Crippen LogP contribution in [-0.2, 0) is 16.9 Å². The fraction of sp³-hybridized carbons (Fsp3) is 0.375. The van der Waals surface area contributed by atoms with Gasteiger partial charge in [-0.25, -0.2) is 9.37 Å². The summed E-state index contributed by atoms with van der Waals surface area (Å²) in [6.45, 7) is 8.79. The number of benzene rings is 1. The Morgan fingerprint density at radius 2 is 1.97 bits per heavy atom. The van der Waals surface area contributed by atoms with Gasteiger partial charge < -0.3 is 10.2 Å². The summed E-state index contributed by atoms with van der Waals surface area (Å²) in [4.78, 5) is 20.0. The molecule has 33 heavy (non-hydrogen) atoms. The maximum absolute atomic E-state index is 13.6. The van der Waals surface area contributed by atoms with Crippen LogP contribution in [0, 0.1) is 12.7 Å². The largest absolute Gasteiger partial charge is 0.372 e. The number of thiazole rings is 1. The molecule has 1 aliphatic heterocycles. The highest BCUT2D eigenvalue weighted by Crippen LogP contribution is 2.41. The summed E-state index contributed by atoms with van der Waals surface area (Å²) in [5.74, 6) is -0.234. The lowest BCUT2D eigenvalue weighted by atomic mass is 10.0. The SMILES string of the molecule is Cc1cnc(CN(C)C(=O)CC2=CSC(c3cnn(C(C)(C)C)c3-c3ccc(F)cc3)N2)s1. The number of hydrogen-bond acceptors (Lipinski definition) is 6. The van der Waals surface area contributed by atoms with E-state index >= 15 is 0 Å². The van der Waals surface area contributed by atoms with Crippen molar-refractivity contribution in [1.29, 1.82) is 0 Å². The highest BCUT2D eigenvalue weighted by Gasteiger charge is 2.29. The number of halogens is 1. The van der Waals surface area contributed by atoms with Crippen molar-refractivity contribution in [2.24, 2.45) is 0 Å². The van der Waals surface area contributed by atoms with Crippen LogP contribution in [0.25, 0.3) is 11.3 Å². The molecule has 0 spiro atoms. The molecule has 0 radical (unpaired) electrons. The van der Waals surface area contributed by atoms with Gasteiger partial charge in [0.15, 0.2) is 0 Å². The number of carbonyl (C=O) groups excluding carboxylic acids is 1. The van der Waals surface area contributed by atoms with Crippen LogP contribution in [0.2, 0.25) is 0 Å². The monoisotopic (exact) mass is 485 g/mol. The Bertz CT molecular complexity index is 1180. The molecule has 0 bridgehead atoms. The number of hydrogen-bond donors (Lipinski definition) is 1. The molecule has 1 aliphatic rings. The number of rotatable bonds is 6. The molecule has 1 amide bonds. The van der Waals surface area contributed by atoms with Crippen molar-refractivity contribution in [3.63, 3.8) is 0 Å². The quantitative estimate of drug-likeness (QED) is 0.504. The van der Waals surface area contributed by atoms with E-state index in [0.717, 1.165) is 32.4 Å². The molecule has 6 nitrogen and oxygen atoms in total. The Balaban J connectivity index is 1.49. The van der Waals surface area contributed by atoms with Gasteiger partial charge >= 0.3 is 0 Å². The van der Waals surface area contributed by atoms with Crippen molar-refractivity contribution >= 4 is 29.0 Å². The van der Waals surface area contributed by atoms with Gasteiger partial charge in [0.25, 0.3) is 0 Å². The molecule has 0 aliphatic carbocycles. The van der Waals surface area contributed by atoms with Crippen molar-refractivity contribution in [3.8, 4) is 11.3 Å². The average Bonchev–Trinajstić information content (AvgIpc) is 3.47. The molecule has 1 aromatic carbocycles. The molecule has 1 unspecified atom stereocenters. The molecular weight excluding hydrogens is 457 g/mol. The van der Waals surface area contributed by atoms with Crippen molar-refractivity contribution < 1.29 is 9.18 Å². The summed E-state index contributed by atoms with van der Waals surface area (Å²) in [6.07, 6.45) is 3.99. The average molecular weight is 486 g/mol. The fourth-order valence-electron chi connectivity index (χ4n) is 3.65. The molecule has 2 aromatic heterocycles. The Morgan fingerprint density at radius 1 is 1.24 bits per heavy atom. The molecule has 4 rings (SSSR count). The van der Waals surface area contributed by atoms with Crippen LogP contribution in [-0.4, -0.2) is 32.6 Å². The third-order valence-electron chi connectivity index (χ3n) is 5.30. The smallest absolute Gasteiger partial charge is 0.228 e. The second kappa shape index (κ2) is 9.30. The summed E-state index contributed by atoms with van der Waals surface area (Å²) in [7, 11) is 1.80. The van der Waals surface area contributed by atoms with Crippen LogP contribution in [0.5, 0.6) is 0 Å². The molecule has 1 atom stereocenters. The minimum atomic E-state index is -0.269. The number of nitrogens with one attached hydrogen (secondary N) is 1. The van der Waals surface area contributed by atoms with Crippen LogP contribution >= 0.6 is 23.1 Å². The molecule has 3 aromatic rings. The van der Waals surface area contributed by atoms with Gasteiger partial charge in [-0.3, -0.25) is 9.48 Å². The van der Waals surface area contributed by atoms with E-state index in [0.29, 0.717) is 13.0 Å². The van der Waals surface area contributed by atoms with Crippen molar-refractivity contribution in [2.45, 2.75) is 51.6 Å². The van der Waals surface area contributed by atoms with E-state index in [1.165, 1.54) is 12.1 Å².